The second-order valence-electron chi connectivity index (χ2n) is 6.43. The fourth-order valence-corrected chi connectivity index (χ4v) is 2.68. The Balaban J connectivity index is 1.84. The average molecular weight is 400 g/mol. The van der Waals surface area contributed by atoms with Crippen molar-refractivity contribution in [2.24, 2.45) is 0 Å². The topological polar surface area (TPSA) is 108 Å². The molecule has 1 N–H and O–H groups in total. The van der Waals surface area contributed by atoms with Crippen LogP contribution in [-0.4, -0.2) is 29.5 Å². The summed E-state index contributed by atoms with van der Waals surface area (Å²) in [4.78, 5) is 34.5. The first kappa shape index (κ1) is 21.9. The molecule has 2 aromatic rings. The SMILES string of the molecule is CCC[C@@H](NC(=O)[C@@H](C)OC(=O)COc1ccc([N+](=O)[O-])cc1)c1ccccc1. The van der Waals surface area contributed by atoms with Gasteiger partial charge < -0.3 is 14.8 Å². The summed E-state index contributed by atoms with van der Waals surface area (Å²) < 4.78 is 10.4. The zero-order valence-electron chi connectivity index (χ0n) is 16.4. The van der Waals surface area contributed by atoms with Crippen LogP contribution >= 0.6 is 0 Å². The van der Waals surface area contributed by atoms with Gasteiger partial charge in [0, 0.05) is 12.1 Å². The van der Waals surface area contributed by atoms with E-state index >= 15 is 0 Å². The average Bonchev–Trinajstić information content (AvgIpc) is 2.72. The minimum absolute atomic E-state index is 0.0785. The summed E-state index contributed by atoms with van der Waals surface area (Å²) in [6, 6.07) is 14.8. The summed E-state index contributed by atoms with van der Waals surface area (Å²) in [6.45, 7) is 3.11. The van der Waals surface area contributed by atoms with Gasteiger partial charge in [-0.3, -0.25) is 14.9 Å². The fourth-order valence-electron chi connectivity index (χ4n) is 2.68. The number of non-ortho nitro benzene ring substituents is 1. The lowest BCUT2D eigenvalue weighted by atomic mass is 10.0. The third-order valence-electron chi connectivity index (χ3n) is 4.18. The van der Waals surface area contributed by atoms with Crippen molar-refractivity contribution in [2.75, 3.05) is 6.61 Å². The number of ether oxygens (including phenoxy) is 2. The van der Waals surface area contributed by atoms with Crippen LogP contribution in [0.1, 0.15) is 38.3 Å². The van der Waals surface area contributed by atoms with Gasteiger partial charge in [0.15, 0.2) is 12.7 Å². The van der Waals surface area contributed by atoms with E-state index in [-0.39, 0.29) is 17.5 Å². The molecule has 0 unspecified atom stereocenters. The van der Waals surface area contributed by atoms with E-state index in [1.54, 1.807) is 0 Å². The summed E-state index contributed by atoms with van der Waals surface area (Å²) >= 11 is 0. The third kappa shape index (κ3) is 6.91. The zero-order chi connectivity index (χ0) is 21.2. The predicted octanol–water partition coefficient (Wildman–Crippen LogP) is 3.56. The van der Waals surface area contributed by atoms with Crippen molar-refractivity contribution >= 4 is 17.6 Å². The highest BCUT2D eigenvalue weighted by Crippen LogP contribution is 2.19. The summed E-state index contributed by atoms with van der Waals surface area (Å²) in [7, 11) is 0. The molecule has 0 aliphatic carbocycles. The van der Waals surface area contributed by atoms with Crippen molar-refractivity contribution in [1.29, 1.82) is 0 Å². The van der Waals surface area contributed by atoms with Crippen LogP contribution < -0.4 is 10.1 Å². The summed E-state index contributed by atoms with van der Waals surface area (Å²) in [5.74, 6) is -0.814. The molecule has 2 aromatic carbocycles. The molecule has 0 aromatic heterocycles. The van der Waals surface area contributed by atoms with Crippen LogP contribution in [0.2, 0.25) is 0 Å². The lowest BCUT2D eigenvalue weighted by Gasteiger charge is -2.21. The zero-order valence-corrected chi connectivity index (χ0v) is 16.4. The minimum atomic E-state index is -0.981. The van der Waals surface area contributed by atoms with E-state index < -0.39 is 29.5 Å². The quantitative estimate of drug-likeness (QED) is 0.371. The number of nitrogens with one attached hydrogen (secondary N) is 1. The number of carbonyl (C=O) groups is 2. The Bertz CT molecular complexity index is 823. The maximum atomic E-state index is 12.4. The lowest BCUT2D eigenvalue weighted by molar-refractivity contribution is -0.384. The van der Waals surface area contributed by atoms with Crippen LogP contribution in [-0.2, 0) is 14.3 Å². The number of rotatable bonds is 10. The number of carbonyl (C=O) groups excluding carboxylic acids is 2. The van der Waals surface area contributed by atoms with Gasteiger partial charge in [0.1, 0.15) is 5.75 Å². The molecule has 154 valence electrons. The molecule has 0 heterocycles. The molecule has 8 heteroatoms. The molecular formula is C21H24N2O6. The minimum Gasteiger partial charge on any atom is -0.482 e. The van der Waals surface area contributed by atoms with Crippen LogP contribution in [0.15, 0.2) is 54.6 Å². The van der Waals surface area contributed by atoms with Crippen LogP contribution in [0.25, 0.3) is 0 Å². The smallest absolute Gasteiger partial charge is 0.344 e. The van der Waals surface area contributed by atoms with E-state index in [2.05, 4.69) is 5.32 Å². The molecule has 1 amide bonds. The van der Waals surface area contributed by atoms with Crippen molar-refractivity contribution in [1.82, 2.24) is 5.32 Å². The normalized spacial score (nSPS) is 12.5. The van der Waals surface area contributed by atoms with Crippen molar-refractivity contribution < 1.29 is 24.0 Å². The maximum Gasteiger partial charge on any atom is 0.344 e. The number of benzene rings is 2. The summed E-state index contributed by atoms with van der Waals surface area (Å²) in [6.07, 6.45) is 0.669. The van der Waals surface area contributed by atoms with Gasteiger partial charge in [-0.25, -0.2) is 4.79 Å². The fraction of sp³-hybridized carbons (Fsp3) is 0.333. The summed E-state index contributed by atoms with van der Waals surface area (Å²) in [5.41, 5.74) is 0.910. The first-order valence-electron chi connectivity index (χ1n) is 9.32. The molecule has 0 radical (unpaired) electrons. The molecule has 8 nitrogen and oxygen atoms in total. The highest BCUT2D eigenvalue weighted by molar-refractivity contribution is 5.84. The molecule has 0 spiro atoms. The molecule has 2 rings (SSSR count). The van der Waals surface area contributed by atoms with Gasteiger partial charge in [-0.2, -0.15) is 0 Å². The number of esters is 1. The van der Waals surface area contributed by atoms with E-state index in [1.807, 2.05) is 37.3 Å². The molecule has 0 saturated carbocycles. The third-order valence-corrected chi connectivity index (χ3v) is 4.18. The second kappa shape index (κ2) is 10.8. The molecule has 0 aliphatic heterocycles. The number of hydrogen-bond acceptors (Lipinski definition) is 6. The van der Waals surface area contributed by atoms with Crippen molar-refractivity contribution in [2.45, 2.75) is 38.8 Å². The number of amides is 1. The number of nitro groups is 1. The largest absolute Gasteiger partial charge is 0.482 e. The van der Waals surface area contributed by atoms with E-state index in [1.165, 1.54) is 31.2 Å². The molecular weight excluding hydrogens is 376 g/mol. The van der Waals surface area contributed by atoms with Gasteiger partial charge in [0.05, 0.1) is 11.0 Å². The maximum absolute atomic E-state index is 12.4. The first-order valence-corrected chi connectivity index (χ1v) is 9.32. The Morgan fingerprint density at radius 2 is 1.76 bits per heavy atom. The molecule has 2 atom stereocenters. The van der Waals surface area contributed by atoms with Crippen LogP contribution in [0, 0.1) is 10.1 Å². The molecule has 0 saturated heterocycles. The molecule has 29 heavy (non-hydrogen) atoms. The Morgan fingerprint density at radius 1 is 1.10 bits per heavy atom. The van der Waals surface area contributed by atoms with E-state index in [9.17, 15) is 19.7 Å². The molecule has 0 aliphatic rings. The number of nitrogens with zero attached hydrogens (tertiary/aromatic N) is 1. The van der Waals surface area contributed by atoms with Gasteiger partial charge >= 0.3 is 5.97 Å². The van der Waals surface area contributed by atoms with Crippen LogP contribution in [0.4, 0.5) is 5.69 Å². The van der Waals surface area contributed by atoms with Gasteiger partial charge in [-0.1, -0.05) is 43.7 Å². The van der Waals surface area contributed by atoms with Gasteiger partial charge in [-0.15, -0.1) is 0 Å². The van der Waals surface area contributed by atoms with E-state index in [4.69, 9.17) is 9.47 Å². The van der Waals surface area contributed by atoms with Gasteiger partial charge in [0.25, 0.3) is 11.6 Å². The Labute approximate surface area is 169 Å². The second-order valence-corrected chi connectivity index (χ2v) is 6.43. The monoisotopic (exact) mass is 400 g/mol. The highest BCUT2D eigenvalue weighted by Gasteiger charge is 2.22. The first-order chi connectivity index (χ1) is 13.9. The number of nitro benzene ring substituents is 1. The Morgan fingerprint density at radius 3 is 2.34 bits per heavy atom. The summed E-state index contributed by atoms with van der Waals surface area (Å²) in [5, 5.41) is 13.5. The number of hydrogen-bond donors (Lipinski definition) is 1. The Kier molecular flexibility index (Phi) is 8.14. The molecule has 0 bridgehead atoms. The van der Waals surface area contributed by atoms with Crippen molar-refractivity contribution in [3.63, 3.8) is 0 Å². The highest BCUT2D eigenvalue weighted by atomic mass is 16.6. The standard InChI is InChI=1S/C21H24N2O6/c1-3-7-19(16-8-5-4-6-9-16)22-21(25)15(2)29-20(24)14-28-18-12-10-17(11-13-18)23(26)27/h4-6,8-13,15,19H,3,7,14H2,1-2H3,(H,22,25)/t15-,19-/m1/s1. The van der Waals surface area contributed by atoms with Crippen LogP contribution in [0.5, 0.6) is 5.75 Å². The van der Waals surface area contributed by atoms with Gasteiger partial charge in [0.2, 0.25) is 0 Å². The predicted molar refractivity (Wildman–Crippen MR) is 106 cm³/mol. The van der Waals surface area contributed by atoms with Gasteiger partial charge in [-0.05, 0) is 31.0 Å². The molecule has 0 fully saturated rings. The van der Waals surface area contributed by atoms with Crippen molar-refractivity contribution in [3.8, 4) is 5.75 Å². The lowest BCUT2D eigenvalue weighted by Crippen LogP contribution is -2.38. The van der Waals surface area contributed by atoms with Crippen LogP contribution in [0.3, 0.4) is 0 Å². The van der Waals surface area contributed by atoms with E-state index in [0.717, 1.165) is 18.4 Å². The Hall–Kier alpha value is -3.42. The van der Waals surface area contributed by atoms with Crippen molar-refractivity contribution in [3.05, 3.63) is 70.3 Å². The van der Waals surface area contributed by atoms with E-state index in [0.29, 0.717) is 0 Å².